The van der Waals surface area contributed by atoms with Crippen molar-refractivity contribution in [2.75, 3.05) is 25.2 Å². The fourth-order valence-electron chi connectivity index (χ4n) is 2.51. The molecule has 1 fully saturated rings. The van der Waals surface area contributed by atoms with Crippen LogP contribution in [-0.4, -0.2) is 50.7 Å². The Bertz CT molecular complexity index is 726. The minimum atomic E-state index is -3.56. The molecule has 1 N–H and O–H groups in total. The molecule has 1 heterocycles. The third kappa shape index (κ3) is 4.00. The Balaban J connectivity index is 2.24. The lowest BCUT2D eigenvalue weighted by Crippen LogP contribution is -2.42. The largest absolute Gasteiger partial charge is 0.380 e. The topological polar surface area (TPSA) is 75.7 Å². The lowest BCUT2D eigenvalue weighted by atomic mass is 10.1. The molecule has 1 aliphatic heterocycles. The van der Waals surface area contributed by atoms with E-state index in [9.17, 15) is 17.6 Å². The van der Waals surface area contributed by atoms with Crippen molar-refractivity contribution in [3.8, 4) is 0 Å². The molecular formula is C14H18ClFN2O4S. The van der Waals surface area contributed by atoms with Crippen LogP contribution in [0, 0.1) is 12.7 Å². The quantitative estimate of drug-likeness (QED) is 0.883. The Kier molecular flexibility index (Phi) is 5.30. The third-order valence-corrected chi connectivity index (χ3v) is 5.35. The minimum Gasteiger partial charge on any atom is -0.380 e. The van der Waals surface area contributed by atoms with Crippen LogP contribution in [0.1, 0.15) is 12.0 Å². The molecule has 2 rings (SSSR count). The van der Waals surface area contributed by atoms with E-state index in [0.717, 1.165) is 16.6 Å². The van der Waals surface area contributed by atoms with Crippen LogP contribution in [0.3, 0.4) is 0 Å². The van der Waals surface area contributed by atoms with Gasteiger partial charge in [-0.2, -0.15) is 4.31 Å². The normalized spacial score (nSPS) is 22.3. The van der Waals surface area contributed by atoms with Crippen LogP contribution >= 0.6 is 11.6 Å². The summed E-state index contributed by atoms with van der Waals surface area (Å²) in [5.41, 5.74) is 0.566. The highest BCUT2D eigenvalue weighted by Gasteiger charge is 2.42. The molecule has 0 radical (unpaired) electrons. The van der Waals surface area contributed by atoms with E-state index >= 15 is 0 Å². The number of hydrogen-bond acceptors (Lipinski definition) is 4. The van der Waals surface area contributed by atoms with Crippen molar-refractivity contribution in [1.82, 2.24) is 4.31 Å². The van der Waals surface area contributed by atoms with Crippen LogP contribution in [0.4, 0.5) is 10.1 Å². The van der Waals surface area contributed by atoms with E-state index in [2.05, 4.69) is 5.32 Å². The summed E-state index contributed by atoms with van der Waals surface area (Å²) in [4.78, 5) is 12.5. The fourth-order valence-corrected chi connectivity index (χ4v) is 3.79. The number of aryl methyl sites for hydroxylation is 1. The maximum atomic E-state index is 13.4. The van der Waals surface area contributed by atoms with Crippen molar-refractivity contribution in [3.63, 3.8) is 0 Å². The lowest BCUT2D eigenvalue weighted by Gasteiger charge is -2.21. The van der Waals surface area contributed by atoms with Crippen molar-refractivity contribution in [1.29, 1.82) is 0 Å². The summed E-state index contributed by atoms with van der Waals surface area (Å²) in [7, 11) is -2.09. The monoisotopic (exact) mass is 364 g/mol. The molecule has 6 nitrogen and oxygen atoms in total. The first-order valence-electron chi connectivity index (χ1n) is 6.89. The molecular weight excluding hydrogens is 347 g/mol. The van der Waals surface area contributed by atoms with Crippen LogP contribution in [0.2, 0.25) is 5.02 Å². The molecule has 0 aliphatic carbocycles. The van der Waals surface area contributed by atoms with E-state index < -0.39 is 27.8 Å². The number of rotatable bonds is 4. The summed E-state index contributed by atoms with van der Waals surface area (Å²) < 4.78 is 43.4. The van der Waals surface area contributed by atoms with Gasteiger partial charge in [0.05, 0.1) is 23.1 Å². The van der Waals surface area contributed by atoms with Gasteiger partial charge in [0.25, 0.3) is 0 Å². The van der Waals surface area contributed by atoms with Gasteiger partial charge in [0.2, 0.25) is 15.9 Å². The molecule has 2 atom stereocenters. The number of carbonyl (C=O) groups excluding carboxylic acids is 1. The molecule has 0 bridgehead atoms. The second kappa shape index (κ2) is 6.72. The van der Waals surface area contributed by atoms with Crippen molar-refractivity contribution in [3.05, 3.63) is 28.5 Å². The first-order chi connectivity index (χ1) is 10.6. The van der Waals surface area contributed by atoms with Crippen LogP contribution < -0.4 is 5.32 Å². The average molecular weight is 365 g/mol. The molecule has 0 saturated carbocycles. The van der Waals surface area contributed by atoms with Crippen LogP contribution in [0.15, 0.2) is 12.1 Å². The number of carbonyl (C=O) groups is 1. The number of methoxy groups -OCH3 is 1. The molecule has 1 aliphatic rings. The molecule has 23 heavy (non-hydrogen) atoms. The van der Waals surface area contributed by atoms with Crippen molar-refractivity contribution in [2.24, 2.45) is 0 Å². The van der Waals surface area contributed by atoms with Gasteiger partial charge in [0, 0.05) is 20.1 Å². The number of nitrogens with zero attached hydrogens (tertiary/aromatic N) is 1. The Labute approximate surface area is 139 Å². The molecule has 9 heteroatoms. The van der Waals surface area contributed by atoms with E-state index in [-0.39, 0.29) is 29.8 Å². The molecule has 0 spiro atoms. The number of benzene rings is 1. The van der Waals surface area contributed by atoms with Gasteiger partial charge in [-0.25, -0.2) is 12.8 Å². The van der Waals surface area contributed by atoms with Gasteiger partial charge in [-0.05, 0) is 24.6 Å². The Hall–Kier alpha value is -1.22. The molecule has 1 saturated heterocycles. The number of amides is 1. The van der Waals surface area contributed by atoms with E-state index in [1.807, 2.05) is 0 Å². The smallest absolute Gasteiger partial charge is 0.242 e. The number of nitrogens with one attached hydrogen (secondary N) is 1. The lowest BCUT2D eigenvalue weighted by molar-refractivity contribution is -0.119. The summed E-state index contributed by atoms with van der Waals surface area (Å²) in [6.07, 6.45) is 0.930. The van der Waals surface area contributed by atoms with E-state index in [4.69, 9.17) is 16.3 Å². The van der Waals surface area contributed by atoms with Crippen molar-refractivity contribution in [2.45, 2.75) is 25.5 Å². The predicted octanol–water partition coefficient (Wildman–Crippen LogP) is 1.77. The Morgan fingerprint density at radius 1 is 1.48 bits per heavy atom. The Morgan fingerprint density at radius 2 is 2.13 bits per heavy atom. The van der Waals surface area contributed by atoms with Crippen LogP contribution in [-0.2, 0) is 19.6 Å². The number of sulfonamides is 1. The zero-order valence-corrected chi connectivity index (χ0v) is 14.5. The fraction of sp³-hybridized carbons (Fsp3) is 0.500. The molecule has 128 valence electrons. The van der Waals surface area contributed by atoms with E-state index in [0.29, 0.717) is 5.56 Å². The van der Waals surface area contributed by atoms with E-state index in [1.165, 1.54) is 13.2 Å². The van der Waals surface area contributed by atoms with Crippen molar-refractivity contribution < 1.29 is 22.3 Å². The second-order valence-electron chi connectivity index (χ2n) is 5.51. The summed E-state index contributed by atoms with van der Waals surface area (Å²) in [5.74, 6) is -1.01. The van der Waals surface area contributed by atoms with Gasteiger partial charge < -0.3 is 10.1 Å². The van der Waals surface area contributed by atoms with Crippen LogP contribution in [0.25, 0.3) is 0 Å². The number of anilines is 1. The van der Waals surface area contributed by atoms with Gasteiger partial charge in [-0.1, -0.05) is 11.6 Å². The Morgan fingerprint density at radius 3 is 2.70 bits per heavy atom. The zero-order chi connectivity index (χ0) is 17.4. The SMILES string of the molecule is CO[C@H]1C[C@H](C(=O)Nc2cc(C)c(F)cc2Cl)N(S(C)(=O)=O)C1. The minimum absolute atomic E-state index is 0.0497. The zero-order valence-electron chi connectivity index (χ0n) is 13.0. The number of ether oxygens (including phenoxy) is 1. The van der Waals surface area contributed by atoms with Crippen LogP contribution in [0.5, 0.6) is 0 Å². The number of halogens is 2. The molecule has 0 aromatic heterocycles. The molecule has 1 amide bonds. The highest BCUT2D eigenvalue weighted by Crippen LogP contribution is 2.28. The van der Waals surface area contributed by atoms with Crippen molar-refractivity contribution >= 4 is 33.2 Å². The molecule has 1 aromatic rings. The summed E-state index contributed by atoms with van der Waals surface area (Å²) in [6, 6.07) is 1.62. The molecule has 1 aromatic carbocycles. The third-order valence-electron chi connectivity index (χ3n) is 3.79. The first kappa shape index (κ1) is 18.1. The van der Waals surface area contributed by atoms with E-state index in [1.54, 1.807) is 6.92 Å². The summed E-state index contributed by atoms with van der Waals surface area (Å²) >= 11 is 5.92. The molecule has 0 unspecified atom stereocenters. The standard InChI is InChI=1S/C14H18ClFN2O4S/c1-8-4-12(10(15)6-11(8)16)17-14(19)13-5-9(22-2)7-18(13)23(3,20)21/h4,6,9,13H,5,7H2,1-3H3,(H,17,19)/t9-,13+/m0/s1. The van der Waals surface area contributed by atoms with Gasteiger partial charge in [-0.3, -0.25) is 4.79 Å². The average Bonchev–Trinajstić information content (AvgIpc) is 2.89. The predicted molar refractivity (Wildman–Crippen MR) is 85.5 cm³/mol. The maximum Gasteiger partial charge on any atom is 0.242 e. The van der Waals surface area contributed by atoms with Gasteiger partial charge in [-0.15, -0.1) is 0 Å². The van der Waals surface area contributed by atoms with Gasteiger partial charge >= 0.3 is 0 Å². The van der Waals surface area contributed by atoms with Gasteiger partial charge in [0.1, 0.15) is 11.9 Å². The highest BCUT2D eigenvalue weighted by atomic mass is 35.5. The number of hydrogen-bond donors (Lipinski definition) is 1. The maximum absolute atomic E-state index is 13.4. The summed E-state index contributed by atoms with van der Waals surface area (Å²) in [6.45, 7) is 1.66. The second-order valence-corrected chi connectivity index (χ2v) is 7.85. The highest BCUT2D eigenvalue weighted by molar-refractivity contribution is 7.88. The summed E-state index contributed by atoms with van der Waals surface area (Å²) in [5, 5.41) is 2.62. The van der Waals surface area contributed by atoms with Gasteiger partial charge in [0.15, 0.2) is 0 Å². The first-order valence-corrected chi connectivity index (χ1v) is 9.12.